The summed E-state index contributed by atoms with van der Waals surface area (Å²) in [6.45, 7) is 6.75. The molecule has 24 heavy (non-hydrogen) atoms. The third-order valence-corrected chi connectivity index (χ3v) is 5.75. The predicted octanol–water partition coefficient (Wildman–Crippen LogP) is 2.90. The van der Waals surface area contributed by atoms with Gasteiger partial charge in [0.2, 0.25) is 5.91 Å². The zero-order chi connectivity index (χ0) is 16.9. The fraction of sp³-hybridized carbons (Fsp3) is 0.632. The Kier molecular flexibility index (Phi) is 6.14. The predicted molar refractivity (Wildman–Crippen MR) is 98.2 cm³/mol. The molecule has 1 saturated carbocycles. The van der Waals surface area contributed by atoms with E-state index in [1.807, 2.05) is 31.2 Å². The zero-order valence-corrected chi connectivity index (χ0v) is 15.3. The summed E-state index contributed by atoms with van der Waals surface area (Å²) in [6.07, 6.45) is 5.48. The second kappa shape index (κ2) is 8.32. The van der Waals surface area contributed by atoms with Crippen LogP contribution in [-0.2, 0) is 11.3 Å². The SMILES string of the molecule is CC(C(=O)NCc1ccc(Cl)cc1)N1CCN(C2CCCC2)CC1. The van der Waals surface area contributed by atoms with Crippen LogP contribution in [0.3, 0.4) is 0 Å². The number of carbonyl (C=O) groups excluding carboxylic acids is 1. The number of amides is 1. The van der Waals surface area contributed by atoms with Crippen LogP contribution in [0, 0.1) is 0 Å². The molecule has 1 aliphatic heterocycles. The lowest BCUT2D eigenvalue weighted by atomic mass is 10.1. The van der Waals surface area contributed by atoms with Gasteiger partial charge in [0.15, 0.2) is 0 Å². The molecule has 0 aromatic heterocycles. The third kappa shape index (κ3) is 4.50. The van der Waals surface area contributed by atoms with E-state index in [-0.39, 0.29) is 11.9 Å². The van der Waals surface area contributed by atoms with Crippen LogP contribution in [0.4, 0.5) is 0 Å². The molecule has 1 aromatic rings. The van der Waals surface area contributed by atoms with Crippen molar-refractivity contribution >= 4 is 17.5 Å². The third-order valence-electron chi connectivity index (χ3n) is 5.50. The lowest BCUT2D eigenvalue weighted by molar-refractivity contribution is -0.126. The molecule has 1 aliphatic carbocycles. The van der Waals surface area contributed by atoms with Gasteiger partial charge in [0.05, 0.1) is 6.04 Å². The lowest BCUT2D eigenvalue weighted by Gasteiger charge is -2.40. The number of benzene rings is 1. The summed E-state index contributed by atoms with van der Waals surface area (Å²) in [5.41, 5.74) is 1.08. The van der Waals surface area contributed by atoms with Gasteiger partial charge >= 0.3 is 0 Å². The van der Waals surface area contributed by atoms with Crippen molar-refractivity contribution in [3.8, 4) is 0 Å². The van der Waals surface area contributed by atoms with E-state index in [4.69, 9.17) is 11.6 Å². The van der Waals surface area contributed by atoms with E-state index in [0.29, 0.717) is 6.54 Å². The molecule has 132 valence electrons. The van der Waals surface area contributed by atoms with Gasteiger partial charge in [-0.25, -0.2) is 0 Å². The normalized spacial score (nSPS) is 21.8. The molecule has 0 radical (unpaired) electrons. The Balaban J connectivity index is 1.43. The van der Waals surface area contributed by atoms with Crippen molar-refractivity contribution in [2.24, 2.45) is 0 Å². The van der Waals surface area contributed by atoms with E-state index < -0.39 is 0 Å². The van der Waals surface area contributed by atoms with Crippen LogP contribution in [0.1, 0.15) is 38.2 Å². The summed E-state index contributed by atoms with van der Waals surface area (Å²) in [4.78, 5) is 17.4. The number of hydrogen-bond donors (Lipinski definition) is 1. The number of rotatable bonds is 5. The number of nitrogens with zero attached hydrogens (tertiary/aromatic N) is 2. The van der Waals surface area contributed by atoms with E-state index in [1.165, 1.54) is 25.7 Å². The van der Waals surface area contributed by atoms with Crippen LogP contribution in [-0.4, -0.2) is 54.0 Å². The van der Waals surface area contributed by atoms with Crippen LogP contribution >= 0.6 is 11.6 Å². The molecule has 1 atom stereocenters. The molecular formula is C19H28ClN3O. The molecule has 3 rings (SSSR count). The van der Waals surface area contributed by atoms with Crippen molar-refractivity contribution in [1.29, 1.82) is 0 Å². The average molecular weight is 350 g/mol. The topological polar surface area (TPSA) is 35.6 Å². The maximum atomic E-state index is 12.4. The van der Waals surface area contributed by atoms with Crippen molar-refractivity contribution in [3.05, 3.63) is 34.9 Å². The van der Waals surface area contributed by atoms with E-state index in [2.05, 4.69) is 15.1 Å². The first-order chi connectivity index (χ1) is 11.6. The summed E-state index contributed by atoms with van der Waals surface area (Å²) in [7, 11) is 0. The van der Waals surface area contributed by atoms with Gasteiger partial charge in [0, 0.05) is 43.8 Å². The highest BCUT2D eigenvalue weighted by Gasteiger charge is 2.29. The Labute approximate surface area is 150 Å². The number of nitrogens with one attached hydrogen (secondary N) is 1. The molecule has 4 nitrogen and oxygen atoms in total. The Morgan fingerprint density at radius 1 is 1.17 bits per heavy atom. The number of hydrogen-bond acceptors (Lipinski definition) is 3. The molecule has 1 saturated heterocycles. The molecular weight excluding hydrogens is 322 g/mol. The zero-order valence-electron chi connectivity index (χ0n) is 14.5. The van der Waals surface area contributed by atoms with Gasteiger partial charge < -0.3 is 5.32 Å². The van der Waals surface area contributed by atoms with Crippen molar-refractivity contribution in [3.63, 3.8) is 0 Å². The first kappa shape index (κ1) is 17.7. The standard InChI is InChI=1S/C19H28ClN3O/c1-15(19(24)21-14-16-6-8-17(20)9-7-16)22-10-12-23(13-11-22)18-4-2-3-5-18/h6-9,15,18H,2-5,10-14H2,1H3,(H,21,24). The number of piperazine rings is 1. The Morgan fingerprint density at radius 2 is 1.79 bits per heavy atom. The minimum absolute atomic E-state index is 0.0666. The van der Waals surface area contributed by atoms with Crippen molar-refractivity contribution in [2.75, 3.05) is 26.2 Å². The molecule has 1 amide bonds. The molecule has 0 bridgehead atoms. The minimum atomic E-state index is -0.0666. The van der Waals surface area contributed by atoms with E-state index >= 15 is 0 Å². The number of halogens is 1. The highest BCUT2D eigenvalue weighted by atomic mass is 35.5. The lowest BCUT2D eigenvalue weighted by Crippen LogP contribution is -2.55. The van der Waals surface area contributed by atoms with Crippen LogP contribution < -0.4 is 5.32 Å². The fourth-order valence-electron chi connectivity index (χ4n) is 3.86. The van der Waals surface area contributed by atoms with Crippen LogP contribution in [0.15, 0.2) is 24.3 Å². The van der Waals surface area contributed by atoms with Gasteiger partial charge in [-0.1, -0.05) is 36.6 Å². The molecule has 1 unspecified atom stereocenters. The molecule has 5 heteroatoms. The van der Waals surface area contributed by atoms with E-state index in [1.54, 1.807) is 0 Å². The monoisotopic (exact) mass is 349 g/mol. The van der Waals surface area contributed by atoms with Gasteiger partial charge in [0.25, 0.3) is 0 Å². The van der Waals surface area contributed by atoms with Crippen LogP contribution in [0.25, 0.3) is 0 Å². The fourth-order valence-corrected chi connectivity index (χ4v) is 3.99. The maximum absolute atomic E-state index is 12.4. The highest BCUT2D eigenvalue weighted by Crippen LogP contribution is 2.24. The smallest absolute Gasteiger partial charge is 0.237 e. The molecule has 2 fully saturated rings. The van der Waals surface area contributed by atoms with Gasteiger partial charge in [-0.15, -0.1) is 0 Å². The van der Waals surface area contributed by atoms with Crippen molar-refractivity contribution in [2.45, 2.75) is 51.2 Å². The first-order valence-corrected chi connectivity index (χ1v) is 9.51. The number of carbonyl (C=O) groups is 1. The summed E-state index contributed by atoms with van der Waals surface area (Å²) >= 11 is 5.89. The Morgan fingerprint density at radius 3 is 2.42 bits per heavy atom. The molecule has 1 heterocycles. The maximum Gasteiger partial charge on any atom is 0.237 e. The Bertz CT molecular complexity index is 534. The largest absolute Gasteiger partial charge is 0.351 e. The summed E-state index contributed by atoms with van der Waals surface area (Å²) in [5.74, 6) is 0.110. The van der Waals surface area contributed by atoms with Crippen molar-refractivity contribution in [1.82, 2.24) is 15.1 Å². The van der Waals surface area contributed by atoms with Crippen LogP contribution in [0.2, 0.25) is 5.02 Å². The van der Waals surface area contributed by atoms with Gasteiger partial charge in [-0.2, -0.15) is 0 Å². The van der Waals surface area contributed by atoms with Crippen LogP contribution in [0.5, 0.6) is 0 Å². The summed E-state index contributed by atoms with van der Waals surface area (Å²) < 4.78 is 0. The molecule has 1 N–H and O–H groups in total. The minimum Gasteiger partial charge on any atom is -0.351 e. The molecule has 0 spiro atoms. The Hall–Kier alpha value is -1.10. The van der Waals surface area contributed by atoms with Gasteiger partial charge in [-0.3, -0.25) is 14.6 Å². The summed E-state index contributed by atoms with van der Waals surface area (Å²) in [6, 6.07) is 8.34. The molecule has 1 aromatic carbocycles. The molecule has 2 aliphatic rings. The average Bonchev–Trinajstić information content (AvgIpc) is 3.15. The van der Waals surface area contributed by atoms with Crippen molar-refractivity contribution < 1.29 is 4.79 Å². The summed E-state index contributed by atoms with van der Waals surface area (Å²) in [5, 5.41) is 3.77. The van der Waals surface area contributed by atoms with E-state index in [9.17, 15) is 4.79 Å². The van der Waals surface area contributed by atoms with E-state index in [0.717, 1.165) is 42.8 Å². The first-order valence-electron chi connectivity index (χ1n) is 9.14. The van der Waals surface area contributed by atoms with Gasteiger partial charge in [0.1, 0.15) is 0 Å². The second-order valence-corrected chi connectivity index (χ2v) is 7.47. The van der Waals surface area contributed by atoms with Gasteiger partial charge in [-0.05, 0) is 37.5 Å². The second-order valence-electron chi connectivity index (χ2n) is 7.03. The quantitative estimate of drug-likeness (QED) is 0.887. The highest BCUT2D eigenvalue weighted by molar-refractivity contribution is 6.30.